The van der Waals surface area contributed by atoms with Crippen LogP contribution >= 0.6 is 0 Å². The van der Waals surface area contributed by atoms with Gasteiger partial charge in [0.05, 0.1) is 10.6 Å². The highest BCUT2D eigenvalue weighted by Crippen LogP contribution is 2.33. The maximum Gasteiger partial charge on any atom is 0.267 e. The summed E-state index contributed by atoms with van der Waals surface area (Å²) in [6.07, 6.45) is 0. The Labute approximate surface area is 203 Å². The van der Waals surface area contributed by atoms with Crippen molar-refractivity contribution in [1.82, 2.24) is 14.1 Å². The predicted octanol–water partition coefficient (Wildman–Crippen LogP) is 2.35. The first kappa shape index (κ1) is 24.4. The van der Waals surface area contributed by atoms with Gasteiger partial charge in [0.15, 0.2) is 11.5 Å². The van der Waals surface area contributed by atoms with Gasteiger partial charge in [0, 0.05) is 30.4 Å². The number of carbonyl (C=O) groups is 1. The van der Waals surface area contributed by atoms with E-state index in [1.807, 2.05) is 0 Å². The Bertz CT molecular complexity index is 1380. The van der Waals surface area contributed by atoms with E-state index < -0.39 is 21.5 Å². The van der Waals surface area contributed by atoms with E-state index >= 15 is 0 Å². The van der Waals surface area contributed by atoms with Crippen LogP contribution in [-0.2, 0) is 21.4 Å². The zero-order chi connectivity index (χ0) is 25.0. The molecule has 2 heterocycles. The van der Waals surface area contributed by atoms with Crippen molar-refractivity contribution in [3.63, 3.8) is 0 Å². The second-order valence-corrected chi connectivity index (χ2v) is 9.67. The molecule has 1 amide bonds. The number of aromatic nitrogens is 2. The molecule has 2 aromatic carbocycles. The van der Waals surface area contributed by atoms with Gasteiger partial charge < -0.3 is 14.8 Å². The molecule has 1 aliphatic rings. The van der Waals surface area contributed by atoms with Crippen LogP contribution in [0.1, 0.15) is 13.8 Å². The van der Waals surface area contributed by atoms with Gasteiger partial charge in [-0.3, -0.25) is 9.59 Å². The topological polar surface area (TPSA) is 120 Å². The second-order valence-electron chi connectivity index (χ2n) is 7.73. The summed E-state index contributed by atoms with van der Waals surface area (Å²) in [7, 11) is -3.59. The lowest BCUT2D eigenvalue weighted by Crippen LogP contribution is -2.30. The molecule has 0 saturated carbocycles. The van der Waals surface area contributed by atoms with Crippen molar-refractivity contribution in [3.05, 3.63) is 65.0 Å². The number of rotatable bonds is 8. The Kier molecular flexibility index (Phi) is 7.17. The second kappa shape index (κ2) is 10.3. The van der Waals surface area contributed by atoms with Crippen LogP contribution in [-0.4, -0.2) is 54.7 Å². The molecular weight excluding hydrogens is 472 g/mol. The van der Waals surface area contributed by atoms with Gasteiger partial charge in [-0.15, -0.1) is 0 Å². The molecule has 0 saturated heterocycles. The standard InChI is InChI=1S/C24H26N4O6S/c1-3-27(4-2)35(31,32)19-8-6-18(7-9-19)25-23(29)16-28-24(30)12-10-20(26-28)17-5-11-21-22(15-17)34-14-13-33-21/h5-12,15H,3-4,13-14,16H2,1-2H3,(H,25,29). The summed E-state index contributed by atoms with van der Waals surface area (Å²) in [6.45, 7) is 4.90. The molecule has 3 aromatic rings. The average molecular weight is 499 g/mol. The average Bonchev–Trinajstić information content (AvgIpc) is 2.86. The largest absolute Gasteiger partial charge is 0.486 e. The molecule has 0 spiro atoms. The minimum atomic E-state index is -3.59. The van der Waals surface area contributed by atoms with Crippen molar-refractivity contribution in [2.24, 2.45) is 0 Å². The maximum absolute atomic E-state index is 12.6. The van der Waals surface area contributed by atoms with Crippen LogP contribution in [0.15, 0.2) is 64.3 Å². The SMILES string of the molecule is CCN(CC)S(=O)(=O)c1ccc(NC(=O)Cn2nc(-c3ccc4c(c3)OCCO4)ccc2=O)cc1. The molecule has 0 radical (unpaired) electrons. The highest BCUT2D eigenvalue weighted by Gasteiger charge is 2.21. The molecule has 0 aliphatic carbocycles. The van der Waals surface area contributed by atoms with E-state index in [0.717, 1.165) is 4.68 Å². The molecule has 0 atom stereocenters. The van der Waals surface area contributed by atoms with Crippen molar-refractivity contribution < 1.29 is 22.7 Å². The number of nitrogens with one attached hydrogen (secondary N) is 1. The number of anilines is 1. The quantitative estimate of drug-likeness (QED) is 0.506. The highest BCUT2D eigenvalue weighted by molar-refractivity contribution is 7.89. The van der Waals surface area contributed by atoms with Gasteiger partial charge in [-0.05, 0) is 48.5 Å². The van der Waals surface area contributed by atoms with Crippen molar-refractivity contribution >= 4 is 21.6 Å². The number of carbonyl (C=O) groups excluding carboxylic acids is 1. The van der Waals surface area contributed by atoms with Gasteiger partial charge in [0.2, 0.25) is 15.9 Å². The van der Waals surface area contributed by atoms with Gasteiger partial charge in [-0.2, -0.15) is 9.40 Å². The van der Waals surface area contributed by atoms with E-state index in [9.17, 15) is 18.0 Å². The van der Waals surface area contributed by atoms with Crippen LogP contribution < -0.4 is 20.3 Å². The van der Waals surface area contributed by atoms with Gasteiger partial charge in [0.25, 0.3) is 5.56 Å². The summed E-state index contributed by atoms with van der Waals surface area (Å²) in [5.74, 6) is 0.763. The maximum atomic E-state index is 12.6. The minimum Gasteiger partial charge on any atom is -0.486 e. The van der Waals surface area contributed by atoms with E-state index in [1.54, 1.807) is 38.1 Å². The number of amides is 1. The predicted molar refractivity (Wildman–Crippen MR) is 130 cm³/mol. The van der Waals surface area contributed by atoms with Crippen LogP contribution in [0, 0.1) is 0 Å². The molecule has 1 N–H and O–H groups in total. The minimum absolute atomic E-state index is 0.143. The normalized spacial score (nSPS) is 13.0. The van der Waals surface area contributed by atoms with E-state index in [0.29, 0.717) is 54.7 Å². The number of nitrogens with zero attached hydrogens (tertiary/aromatic N) is 3. The molecule has 0 unspecified atom stereocenters. The summed E-state index contributed by atoms with van der Waals surface area (Å²) in [5, 5.41) is 6.99. The summed E-state index contributed by atoms with van der Waals surface area (Å²) < 4.78 is 38.8. The van der Waals surface area contributed by atoms with Gasteiger partial charge >= 0.3 is 0 Å². The third-order valence-corrected chi connectivity index (χ3v) is 7.54. The van der Waals surface area contributed by atoms with Crippen molar-refractivity contribution in [2.45, 2.75) is 25.3 Å². The van der Waals surface area contributed by atoms with Crippen LogP contribution in [0.2, 0.25) is 0 Å². The number of sulfonamides is 1. The third-order valence-electron chi connectivity index (χ3n) is 5.48. The molecule has 1 aromatic heterocycles. The first-order valence-corrected chi connectivity index (χ1v) is 12.6. The monoisotopic (exact) mass is 498 g/mol. The Hall–Kier alpha value is -3.70. The van der Waals surface area contributed by atoms with Crippen molar-refractivity contribution in [3.8, 4) is 22.8 Å². The summed E-state index contributed by atoms with van der Waals surface area (Å²) in [6, 6.07) is 14.2. The number of ether oxygens (including phenoxy) is 2. The fourth-order valence-electron chi connectivity index (χ4n) is 3.68. The molecule has 10 nitrogen and oxygen atoms in total. The van der Waals surface area contributed by atoms with Gasteiger partial charge in [-0.1, -0.05) is 13.8 Å². The lowest BCUT2D eigenvalue weighted by molar-refractivity contribution is -0.117. The molecule has 4 rings (SSSR count). The Balaban J connectivity index is 1.47. The molecule has 184 valence electrons. The van der Waals surface area contributed by atoms with E-state index in [-0.39, 0.29) is 11.4 Å². The van der Waals surface area contributed by atoms with Crippen LogP contribution in [0.25, 0.3) is 11.3 Å². The molecular formula is C24H26N4O6S. The number of hydrogen-bond donors (Lipinski definition) is 1. The van der Waals surface area contributed by atoms with E-state index in [1.165, 1.54) is 34.6 Å². The zero-order valence-corrected chi connectivity index (χ0v) is 20.2. The van der Waals surface area contributed by atoms with E-state index in [4.69, 9.17) is 9.47 Å². The first-order chi connectivity index (χ1) is 16.8. The summed E-state index contributed by atoms with van der Waals surface area (Å²) >= 11 is 0. The summed E-state index contributed by atoms with van der Waals surface area (Å²) in [4.78, 5) is 25.0. The lowest BCUT2D eigenvalue weighted by atomic mass is 10.1. The number of benzene rings is 2. The van der Waals surface area contributed by atoms with E-state index in [2.05, 4.69) is 10.4 Å². The molecule has 0 bridgehead atoms. The smallest absolute Gasteiger partial charge is 0.267 e. The Morgan fingerprint density at radius 2 is 1.69 bits per heavy atom. The van der Waals surface area contributed by atoms with Crippen LogP contribution in [0.5, 0.6) is 11.5 Å². The highest BCUT2D eigenvalue weighted by atomic mass is 32.2. The fraction of sp³-hybridized carbons (Fsp3) is 0.292. The Morgan fingerprint density at radius 3 is 2.37 bits per heavy atom. The van der Waals surface area contributed by atoms with Gasteiger partial charge in [0.1, 0.15) is 19.8 Å². The lowest BCUT2D eigenvalue weighted by Gasteiger charge is -2.19. The third kappa shape index (κ3) is 5.36. The number of fused-ring (bicyclic) bond motifs is 1. The molecule has 0 fully saturated rings. The Morgan fingerprint density at radius 1 is 1.00 bits per heavy atom. The van der Waals surface area contributed by atoms with Crippen molar-refractivity contribution in [2.75, 3.05) is 31.6 Å². The van der Waals surface area contributed by atoms with Crippen LogP contribution in [0.4, 0.5) is 5.69 Å². The molecule has 1 aliphatic heterocycles. The molecule has 11 heteroatoms. The number of hydrogen-bond acceptors (Lipinski definition) is 7. The molecule has 35 heavy (non-hydrogen) atoms. The zero-order valence-electron chi connectivity index (χ0n) is 19.4. The van der Waals surface area contributed by atoms with Gasteiger partial charge in [-0.25, -0.2) is 13.1 Å². The van der Waals surface area contributed by atoms with Crippen molar-refractivity contribution in [1.29, 1.82) is 0 Å². The summed E-state index contributed by atoms with van der Waals surface area (Å²) in [5.41, 5.74) is 1.19. The van der Waals surface area contributed by atoms with Crippen LogP contribution in [0.3, 0.4) is 0 Å². The first-order valence-electron chi connectivity index (χ1n) is 11.2. The fourth-order valence-corrected chi connectivity index (χ4v) is 5.14.